The van der Waals surface area contributed by atoms with Crippen LogP contribution in [0, 0.1) is 0 Å². The molecule has 0 aromatic heterocycles. The predicted octanol–water partition coefficient (Wildman–Crippen LogP) is -0.0753. The van der Waals surface area contributed by atoms with Gasteiger partial charge in [0.1, 0.15) is 0 Å². The normalized spacial score (nSPS) is 19.8. The van der Waals surface area contributed by atoms with Crippen molar-refractivity contribution in [2.75, 3.05) is 50.5 Å². The number of aliphatic hydroxyl groups is 1. The van der Waals surface area contributed by atoms with Crippen LogP contribution in [0.25, 0.3) is 0 Å². The Morgan fingerprint density at radius 3 is 2.85 bits per heavy atom. The van der Waals surface area contributed by atoms with E-state index < -0.39 is 0 Å². The summed E-state index contributed by atoms with van der Waals surface area (Å²) >= 11 is 0. The summed E-state index contributed by atoms with van der Waals surface area (Å²) in [5, 5.41) is 9.10. The quantitative estimate of drug-likeness (QED) is 0.754. The Labute approximate surface area is 118 Å². The molecule has 1 atom stereocenters. The molecule has 0 radical (unpaired) electrons. The summed E-state index contributed by atoms with van der Waals surface area (Å²) in [6, 6.07) is 7.19. The largest absolute Gasteiger partial charge is 0.399 e. The minimum Gasteiger partial charge on any atom is -0.399 e. The third kappa shape index (κ3) is 3.69. The number of benzene rings is 1. The van der Waals surface area contributed by atoms with Gasteiger partial charge in [-0.3, -0.25) is 9.69 Å². The maximum atomic E-state index is 12.2. The SMILES string of the molecule is CN(C(=O)CN1CCOC(CO)C1)c1ccc(N)cc1. The lowest BCUT2D eigenvalue weighted by Gasteiger charge is -2.32. The summed E-state index contributed by atoms with van der Waals surface area (Å²) in [6.45, 7) is 2.14. The zero-order valence-corrected chi connectivity index (χ0v) is 11.7. The van der Waals surface area contributed by atoms with Crippen molar-refractivity contribution in [2.24, 2.45) is 0 Å². The smallest absolute Gasteiger partial charge is 0.240 e. The summed E-state index contributed by atoms with van der Waals surface area (Å²) in [6.07, 6.45) is -0.196. The lowest BCUT2D eigenvalue weighted by Crippen LogP contribution is -2.48. The van der Waals surface area contributed by atoms with Crippen molar-refractivity contribution in [3.05, 3.63) is 24.3 Å². The summed E-state index contributed by atoms with van der Waals surface area (Å²) in [7, 11) is 1.75. The molecule has 1 aromatic rings. The number of nitrogens with two attached hydrogens (primary N) is 1. The van der Waals surface area contributed by atoms with Crippen LogP contribution in [-0.2, 0) is 9.53 Å². The average Bonchev–Trinajstić information content (AvgIpc) is 2.47. The van der Waals surface area contributed by atoms with Crippen LogP contribution in [0.3, 0.4) is 0 Å². The van der Waals surface area contributed by atoms with Crippen LogP contribution in [0.4, 0.5) is 11.4 Å². The number of aliphatic hydroxyl groups excluding tert-OH is 1. The van der Waals surface area contributed by atoms with Crippen LogP contribution in [0.2, 0.25) is 0 Å². The molecule has 1 fully saturated rings. The average molecular weight is 279 g/mol. The van der Waals surface area contributed by atoms with Gasteiger partial charge in [0.2, 0.25) is 5.91 Å². The number of carbonyl (C=O) groups is 1. The molecule has 6 heteroatoms. The maximum absolute atomic E-state index is 12.2. The molecule has 1 aliphatic rings. The molecule has 1 heterocycles. The van der Waals surface area contributed by atoms with Gasteiger partial charge in [-0.05, 0) is 24.3 Å². The van der Waals surface area contributed by atoms with Crippen molar-refractivity contribution in [1.29, 1.82) is 0 Å². The molecule has 1 unspecified atom stereocenters. The highest BCUT2D eigenvalue weighted by Crippen LogP contribution is 2.15. The molecule has 1 amide bonds. The maximum Gasteiger partial charge on any atom is 0.240 e. The minimum atomic E-state index is -0.196. The highest BCUT2D eigenvalue weighted by atomic mass is 16.5. The molecule has 0 saturated carbocycles. The van der Waals surface area contributed by atoms with E-state index in [1.54, 1.807) is 24.1 Å². The Balaban J connectivity index is 1.92. The van der Waals surface area contributed by atoms with Crippen LogP contribution in [0.1, 0.15) is 0 Å². The summed E-state index contributed by atoms with van der Waals surface area (Å²) in [4.78, 5) is 15.9. The van der Waals surface area contributed by atoms with Crippen molar-refractivity contribution in [1.82, 2.24) is 4.90 Å². The summed E-state index contributed by atoms with van der Waals surface area (Å²) in [5.74, 6) is 0.00774. The lowest BCUT2D eigenvalue weighted by molar-refractivity contribution is -0.122. The van der Waals surface area contributed by atoms with E-state index >= 15 is 0 Å². The van der Waals surface area contributed by atoms with E-state index in [-0.39, 0.29) is 18.6 Å². The highest BCUT2D eigenvalue weighted by molar-refractivity contribution is 5.94. The number of likely N-dealkylation sites (N-methyl/N-ethyl adjacent to an activating group) is 1. The number of nitrogens with zero attached hydrogens (tertiary/aromatic N) is 2. The van der Waals surface area contributed by atoms with Gasteiger partial charge in [-0.2, -0.15) is 0 Å². The number of nitrogen functional groups attached to an aromatic ring is 1. The van der Waals surface area contributed by atoms with Crippen LogP contribution in [-0.4, -0.2) is 61.9 Å². The van der Waals surface area contributed by atoms with Crippen molar-refractivity contribution < 1.29 is 14.6 Å². The molecule has 1 aliphatic heterocycles. The van der Waals surface area contributed by atoms with E-state index in [2.05, 4.69) is 0 Å². The van der Waals surface area contributed by atoms with Gasteiger partial charge in [-0.15, -0.1) is 0 Å². The molecule has 20 heavy (non-hydrogen) atoms. The third-order valence-electron chi connectivity index (χ3n) is 3.44. The van der Waals surface area contributed by atoms with Crippen molar-refractivity contribution in [3.63, 3.8) is 0 Å². The first-order valence-corrected chi connectivity index (χ1v) is 6.67. The van der Waals surface area contributed by atoms with Gasteiger partial charge in [-0.25, -0.2) is 0 Å². The second-order valence-electron chi connectivity index (χ2n) is 4.95. The van der Waals surface area contributed by atoms with Crippen molar-refractivity contribution in [3.8, 4) is 0 Å². The molecular formula is C14H21N3O3. The first-order valence-electron chi connectivity index (χ1n) is 6.67. The fourth-order valence-electron chi connectivity index (χ4n) is 2.17. The Morgan fingerprint density at radius 2 is 2.20 bits per heavy atom. The molecule has 0 aliphatic carbocycles. The van der Waals surface area contributed by atoms with Crippen molar-refractivity contribution >= 4 is 17.3 Å². The number of rotatable bonds is 4. The second-order valence-corrected chi connectivity index (χ2v) is 4.95. The summed E-state index contributed by atoms with van der Waals surface area (Å²) < 4.78 is 5.37. The summed E-state index contributed by atoms with van der Waals surface area (Å²) in [5.41, 5.74) is 7.12. The van der Waals surface area contributed by atoms with Gasteiger partial charge >= 0.3 is 0 Å². The zero-order valence-electron chi connectivity index (χ0n) is 11.7. The van der Waals surface area contributed by atoms with Gasteiger partial charge < -0.3 is 20.5 Å². The molecule has 6 nitrogen and oxygen atoms in total. The second kappa shape index (κ2) is 6.69. The zero-order chi connectivity index (χ0) is 14.5. The van der Waals surface area contributed by atoms with Crippen LogP contribution >= 0.6 is 0 Å². The van der Waals surface area contributed by atoms with Crippen molar-refractivity contribution in [2.45, 2.75) is 6.10 Å². The van der Waals surface area contributed by atoms with E-state index in [4.69, 9.17) is 15.6 Å². The monoisotopic (exact) mass is 279 g/mol. The van der Waals surface area contributed by atoms with E-state index in [1.807, 2.05) is 17.0 Å². The Bertz CT molecular complexity index is 449. The first kappa shape index (κ1) is 14.8. The Kier molecular flexibility index (Phi) is 4.94. The number of hydrogen-bond donors (Lipinski definition) is 2. The fourth-order valence-corrected chi connectivity index (χ4v) is 2.17. The van der Waals surface area contributed by atoms with Gasteiger partial charge in [0.15, 0.2) is 0 Å². The molecule has 110 valence electrons. The van der Waals surface area contributed by atoms with Gasteiger partial charge in [0.05, 0.1) is 25.9 Å². The molecule has 3 N–H and O–H groups in total. The fraction of sp³-hybridized carbons (Fsp3) is 0.500. The number of hydrogen-bond acceptors (Lipinski definition) is 5. The van der Waals surface area contributed by atoms with Crippen LogP contribution < -0.4 is 10.6 Å². The number of ether oxygens (including phenoxy) is 1. The minimum absolute atomic E-state index is 0.00774. The van der Waals surface area contributed by atoms with Gasteiger partial charge in [0, 0.05) is 31.5 Å². The predicted molar refractivity (Wildman–Crippen MR) is 77.5 cm³/mol. The highest BCUT2D eigenvalue weighted by Gasteiger charge is 2.23. The van der Waals surface area contributed by atoms with E-state index in [0.29, 0.717) is 31.9 Å². The third-order valence-corrected chi connectivity index (χ3v) is 3.44. The molecule has 2 rings (SSSR count). The molecular weight excluding hydrogens is 258 g/mol. The topological polar surface area (TPSA) is 79.0 Å². The van der Waals surface area contributed by atoms with E-state index in [0.717, 1.165) is 5.69 Å². The molecule has 0 spiro atoms. The lowest BCUT2D eigenvalue weighted by atomic mass is 10.2. The van der Waals surface area contributed by atoms with Crippen LogP contribution in [0.15, 0.2) is 24.3 Å². The van der Waals surface area contributed by atoms with Gasteiger partial charge in [0.25, 0.3) is 0 Å². The number of carbonyl (C=O) groups excluding carboxylic acids is 1. The first-order chi connectivity index (χ1) is 9.60. The number of morpholine rings is 1. The number of anilines is 2. The van der Waals surface area contributed by atoms with Gasteiger partial charge in [-0.1, -0.05) is 0 Å². The van der Waals surface area contributed by atoms with Crippen LogP contribution in [0.5, 0.6) is 0 Å². The molecule has 0 bridgehead atoms. The standard InChI is InChI=1S/C14H21N3O3/c1-16(12-4-2-11(15)3-5-12)14(19)9-17-6-7-20-13(8-17)10-18/h2-5,13,18H,6-10,15H2,1H3. The molecule has 1 saturated heterocycles. The van der Waals surface area contributed by atoms with E-state index in [1.165, 1.54) is 0 Å². The Morgan fingerprint density at radius 1 is 1.50 bits per heavy atom. The van der Waals surface area contributed by atoms with E-state index in [9.17, 15) is 4.79 Å². The Hall–Kier alpha value is -1.63. The number of amides is 1. The molecule has 1 aromatic carbocycles.